The fraction of sp³-hybridized carbons (Fsp3) is 0.583. The van der Waals surface area contributed by atoms with E-state index in [1.807, 2.05) is 10.9 Å². The van der Waals surface area contributed by atoms with Crippen molar-refractivity contribution in [3.63, 3.8) is 0 Å². The van der Waals surface area contributed by atoms with E-state index in [0.717, 1.165) is 13.1 Å². The normalized spacial score (nSPS) is 13.5. The molecule has 0 saturated heterocycles. The molecule has 1 N–H and O–H groups in total. The first-order valence-electron chi connectivity index (χ1n) is 5.70. The van der Waals surface area contributed by atoms with Crippen LogP contribution in [0.15, 0.2) is 18.5 Å². The summed E-state index contributed by atoms with van der Waals surface area (Å²) in [5, 5.41) is 7.63. The minimum atomic E-state index is 0.426. The van der Waals surface area contributed by atoms with Crippen molar-refractivity contribution in [1.29, 1.82) is 0 Å². The van der Waals surface area contributed by atoms with Crippen LogP contribution in [0.4, 0.5) is 0 Å². The van der Waals surface area contributed by atoms with Crippen molar-refractivity contribution in [2.45, 2.75) is 39.8 Å². The molecule has 0 aliphatic heterocycles. The van der Waals surface area contributed by atoms with Gasteiger partial charge in [-0.05, 0) is 26.8 Å². The van der Waals surface area contributed by atoms with Gasteiger partial charge in [0.05, 0.1) is 6.20 Å². The van der Waals surface area contributed by atoms with E-state index in [4.69, 9.17) is 0 Å². The Morgan fingerprint density at radius 2 is 2.33 bits per heavy atom. The van der Waals surface area contributed by atoms with Crippen LogP contribution in [0.5, 0.6) is 0 Å². The lowest BCUT2D eigenvalue weighted by atomic mass is 10.2. The molecule has 1 unspecified atom stereocenters. The smallest absolute Gasteiger partial charge is 0.0562 e. The molecule has 1 rings (SSSR count). The highest BCUT2D eigenvalue weighted by Crippen LogP contribution is 2.01. The quantitative estimate of drug-likeness (QED) is 0.775. The fourth-order valence-electron chi connectivity index (χ4n) is 1.33. The molecule has 0 aromatic carbocycles. The maximum Gasteiger partial charge on any atom is 0.0562 e. The van der Waals surface area contributed by atoms with Crippen LogP contribution in [0.3, 0.4) is 0 Å². The van der Waals surface area contributed by atoms with Crippen molar-refractivity contribution in [2.75, 3.05) is 6.54 Å². The fourth-order valence-corrected chi connectivity index (χ4v) is 1.33. The third kappa shape index (κ3) is 4.30. The van der Waals surface area contributed by atoms with Gasteiger partial charge in [0.15, 0.2) is 0 Å². The number of aromatic nitrogens is 2. The number of aryl methyl sites for hydroxylation is 1. The lowest BCUT2D eigenvalue weighted by Gasteiger charge is -2.06. The molecule has 0 radical (unpaired) electrons. The van der Waals surface area contributed by atoms with E-state index in [-0.39, 0.29) is 0 Å². The Labute approximate surface area is 92.2 Å². The Morgan fingerprint density at radius 1 is 1.53 bits per heavy atom. The minimum absolute atomic E-state index is 0.426. The van der Waals surface area contributed by atoms with Crippen LogP contribution in [0, 0.1) is 0 Å². The van der Waals surface area contributed by atoms with Gasteiger partial charge in [-0.2, -0.15) is 5.10 Å². The number of hydrogen-bond acceptors (Lipinski definition) is 2. The standard InChI is InChI=1S/C12H21N3/c1-4-8-13-11(3)6-7-12-9-14-15(5-2)10-12/h6-7,9-11,13H,4-5,8H2,1-3H3/b7-6+. The summed E-state index contributed by atoms with van der Waals surface area (Å²) >= 11 is 0. The third-order valence-electron chi connectivity index (χ3n) is 2.27. The summed E-state index contributed by atoms with van der Waals surface area (Å²) < 4.78 is 1.93. The summed E-state index contributed by atoms with van der Waals surface area (Å²) in [5.74, 6) is 0. The molecule has 84 valence electrons. The van der Waals surface area contributed by atoms with Crippen LogP contribution in [0.25, 0.3) is 6.08 Å². The van der Waals surface area contributed by atoms with Gasteiger partial charge in [0.25, 0.3) is 0 Å². The van der Waals surface area contributed by atoms with E-state index >= 15 is 0 Å². The van der Waals surface area contributed by atoms with E-state index in [1.54, 1.807) is 0 Å². The van der Waals surface area contributed by atoms with Crippen LogP contribution >= 0.6 is 0 Å². The number of rotatable bonds is 6. The maximum atomic E-state index is 4.22. The summed E-state index contributed by atoms with van der Waals surface area (Å²) in [6.07, 6.45) is 9.42. The Kier molecular flexibility index (Phi) is 5.12. The van der Waals surface area contributed by atoms with Crippen LogP contribution in [0.2, 0.25) is 0 Å². The van der Waals surface area contributed by atoms with Crippen LogP contribution < -0.4 is 5.32 Å². The average molecular weight is 207 g/mol. The number of hydrogen-bond donors (Lipinski definition) is 1. The molecule has 1 atom stereocenters. The molecule has 0 bridgehead atoms. The third-order valence-corrected chi connectivity index (χ3v) is 2.27. The van der Waals surface area contributed by atoms with Gasteiger partial charge in [0, 0.05) is 24.3 Å². The van der Waals surface area contributed by atoms with Gasteiger partial charge in [-0.25, -0.2) is 0 Å². The molecule has 1 aromatic heterocycles. The lowest BCUT2D eigenvalue weighted by Crippen LogP contribution is -2.24. The molecule has 15 heavy (non-hydrogen) atoms. The summed E-state index contributed by atoms with van der Waals surface area (Å²) in [4.78, 5) is 0. The predicted octanol–water partition coefficient (Wildman–Crippen LogP) is 2.30. The van der Waals surface area contributed by atoms with Gasteiger partial charge < -0.3 is 5.32 Å². The summed E-state index contributed by atoms with van der Waals surface area (Å²) in [6, 6.07) is 0.426. The van der Waals surface area contributed by atoms with Gasteiger partial charge in [-0.1, -0.05) is 19.1 Å². The van der Waals surface area contributed by atoms with E-state index in [1.165, 1.54) is 12.0 Å². The highest BCUT2D eigenvalue weighted by atomic mass is 15.3. The Hall–Kier alpha value is -1.09. The van der Waals surface area contributed by atoms with Gasteiger partial charge >= 0.3 is 0 Å². The van der Waals surface area contributed by atoms with Crippen molar-refractivity contribution >= 4 is 6.08 Å². The summed E-state index contributed by atoms with van der Waals surface area (Å²) in [5.41, 5.74) is 1.17. The summed E-state index contributed by atoms with van der Waals surface area (Å²) in [7, 11) is 0. The first kappa shape index (κ1) is 12.0. The summed E-state index contributed by atoms with van der Waals surface area (Å²) in [6.45, 7) is 8.42. The molecule has 0 fully saturated rings. The van der Waals surface area contributed by atoms with E-state index < -0.39 is 0 Å². The van der Waals surface area contributed by atoms with E-state index in [0.29, 0.717) is 6.04 Å². The molecule has 1 heterocycles. The largest absolute Gasteiger partial charge is 0.311 e. The van der Waals surface area contributed by atoms with Gasteiger partial charge in [-0.3, -0.25) is 4.68 Å². The monoisotopic (exact) mass is 207 g/mol. The van der Waals surface area contributed by atoms with Gasteiger partial charge in [0.1, 0.15) is 0 Å². The topological polar surface area (TPSA) is 29.9 Å². The molecule has 0 aliphatic carbocycles. The van der Waals surface area contributed by atoms with Crippen molar-refractivity contribution in [3.8, 4) is 0 Å². The highest BCUT2D eigenvalue weighted by Gasteiger charge is 1.95. The van der Waals surface area contributed by atoms with Gasteiger partial charge in [0.2, 0.25) is 0 Å². The lowest BCUT2D eigenvalue weighted by molar-refractivity contribution is 0.625. The van der Waals surface area contributed by atoms with Crippen LogP contribution in [0.1, 0.15) is 32.8 Å². The van der Waals surface area contributed by atoms with Crippen LogP contribution in [-0.4, -0.2) is 22.4 Å². The Balaban J connectivity index is 2.42. The van der Waals surface area contributed by atoms with E-state index in [2.05, 4.69) is 49.5 Å². The second-order valence-corrected chi connectivity index (χ2v) is 3.73. The maximum absolute atomic E-state index is 4.22. The van der Waals surface area contributed by atoms with Gasteiger partial charge in [-0.15, -0.1) is 0 Å². The second kappa shape index (κ2) is 6.40. The molecular formula is C12H21N3. The Bertz CT molecular complexity index is 302. The van der Waals surface area contributed by atoms with Crippen molar-refractivity contribution in [2.24, 2.45) is 0 Å². The van der Waals surface area contributed by atoms with Crippen molar-refractivity contribution in [3.05, 3.63) is 24.0 Å². The minimum Gasteiger partial charge on any atom is -0.311 e. The highest BCUT2D eigenvalue weighted by molar-refractivity contribution is 5.47. The zero-order valence-corrected chi connectivity index (χ0v) is 9.90. The first-order valence-corrected chi connectivity index (χ1v) is 5.70. The molecule has 0 saturated carbocycles. The average Bonchev–Trinajstić information content (AvgIpc) is 2.71. The number of nitrogens with one attached hydrogen (secondary N) is 1. The molecule has 0 spiro atoms. The van der Waals surface area contributed by atoms with Crippen molar-refractivity contribution in [1.82, 2.24) is 15.1 Å². The SMILES string of the molecule is CCCNC(C)/C=C/c1cnn(CC)c1. The molecule has 1 aromatic rings. The van der Waals surface area contributed by atoms with Crippen LogP contribution in [-0.2, 0) is 6.54 Å². The van der Waals surface area contributed by atoms with Crippen molar-refractivity contribution < 1.29 is 0 Å². The molecule has 0 aliphatic rings. The molecule has 3 heteroatoms. The predicted molar refractivity (Wildman–Crippen MR) is 64.7 cm³/mol. The molecule has 0 amide bonds. The number of nitrogens with zero attached hydrogens (tertiary/aromatic N) is 2. The Morgan fingerprint density at radius 3 is 2.93 bits per heavy atom. The molecule has 3 nitrogen and oxygen atoms in total. The zero-order valence-electron chi connectivity index (χ0n) is 9.90. The van der Waals surface area contributed by atoms with E-state index in [9.17, 15) is 0 Å². The zero-order chi connectivity index (χ0) is 11.1. The second-order valence-electron chi connectivity index (χ2n) is 3.73. The molecular weight excluding hydrogens is 186 g/mol. The first-order chi connectivity index (χ1) is 7.26.